The van der Waals surface area contributed by atoms with E-state index in [1.165, 1.54) is 6.26 Å². The van der Waals surface area contributed by atoms with Gasteiger partial charge in [-0.3, -0.25) is 0 Å². The van der Waals surface area contributed by atoms with Crippen LogP contribution >= 0.6 is 11.6 Å². The predicted octanol–water partition coefficient (Wildman–Crippen LogP) is 3.66. The molecule has 4 nitrogen and oxygen atoms in total. The van der Waals surface area contributed by atoms with Crippen molar-refractivity contribution in [3.63, 3.8) is 0 Å². The summed E-state index contributed by atoms with van der Waals surface area (Å²) in [4.78, 5) is 0. The van der Waals surface area contributed by atoms with Crippen LogP contribution in [0.25, 0.3) is 0 Å². The Labute approximate surface area is 155 Å². The summed E-state index contributed by atoms with van der Waals surface area (Å²) in [6, 6.07) is 15.3. The third-order valence-corrected chi connectivity index (χ3v) is 5.15. The van der Waals surface area contributed by atoms with Gasteiger partial charge in [0.05, 0.1) is 5.75 Å². The highest BCUT2D eigenvalue weighted by molar-refractivity contribution is 7.90. The van der Waals surface area contributed by atoms with Crippen molar-refractivity contribution in [1.29, 1.82) is 0 Å². The molecule has 1 atom stereocenters. The molecule has 0 saturated carbocycles. The Balaban J connectivity index is 1.71. The normalized spacial score (nSPS) is 12.8. The Hall–Kier alpha value is -1.56. The van der Waals surface area contributed by atoms with Crippen molar-refractivity contribution in [2.45, 2.75) is 19.4 Å². The van der Waals surface area contributed by atoms with E-state index in [4.69, 9.17) is 16.3 Å². The zero-order valence-corrected chi connectivity index (χ0v) is 16.1. The Kier molecular flexibility index (Phi) is 7.29. The van der Waals surface area contributed by atoms with Gasteiger partial charge in [0.1, 0.15) is 22.2 Å². The minimum atomic E-state index is -2.96. The van der Waals surface area contributed by atoms with Crippen molar-refractivity contribution in [2.24, 2.45) is 0 Å². The molecule has 1 N–H and O–H groups in total. The van der Waals surface area contributed by atoms with Gasteiger partial charge < -0.3 is 10.1 Å². The summed E-state index contributed by atoms with van der Waals surface area (Å²) in [5.74, 6) is 0.979. The summed E-state index contributed by atoms with van der Waals surface area (Å²) in [7, 11) is -2.96. The molecule has 0 spiro atoms. The third kappa shape index (κ3) is 7.46. The molecule has 0 aliphatic heterocycles. The van der Waals surface area contributed by atoms with E-state index in [-0.39, 0.29) is 11.7 Å². The first kappa shape index (κ1) is 19.8. The number of hydrogen-bond acceptors (Lipinski definition) is 4. The highest BCUT2D eigenvalue weighted by Crippen LogP contribution is 2.18. The quantitative estimate of drug-likeness (QED) is 0.673. The fourth-order valence-electron chi connectivity index (χ4n) is 2.52. The lowest BCUT2D eigenvalue weighted by Gasteiger charge is -2.12. The maximum atomic E-state index is 11.4. The molecule has 2 rings (SSSR count). The molecule has 0 fully saturated rings. The van der Waals surface area contributed by atoms with Crippen LogP contribution in [0.4, 0.5) is 0 Å². The minimum absolute atomic E-state index is 0.00443. The highest BCUT2D eigenvalue weighted by atomic mass is 35.5. The lowest BCUT2D eigenvalue weighted by atomic mass is 10.0. The van der Waals surface area contributed by atoms with Gasteiger partial charge in [-0.1, -0.05) is 42.8 Å². The van der Waals surface area contributed by atoms with Crippen LogP contribution in [-0.4, -0.2) is 33.6 Å². The first-order valence-electron chi connectivity index (χ1n) is 8.19. The van der Waals surface area contributed by atoms with E-state index in [1.807, 2.05) is 43.3 Å². The highest BCUT2D eigenvalue weighted by Gasteiger charge is 2.12. The van der Waals surface area contributed by atoms with Crippen LogP contribution in [0.3, 0.4) is 0 Å². The van der Waals surface area contributed by atoms with E-state index in [2.05, 4.69) is 5.32 Å². The number of rotatable bonds is 9. The summed E-state index contributed by atoms with van der Waals surface area (Å²) in [5, 5.41) is 4.02. The van der Waals surface area contributed by atoms with E-state index in [9.17, 15) is 8.42 Å². The van der Waals surface area contributed by atoms with Gasteiger partial charge in [0.15, 0.2) is 0 Å². The van der Waals surface area contributed by atoms with Crippen molar-refractivity contribution in [2.75, 3.05) is 25.2 Å². The zero-order valence-electron chi connectivity index (χ0n) is 14.5. The van der Waals surface area contributed by atoms with Gasteiger partial charge in [-0.05, 0) is 41.3 Å². The minimum Gasteiger partial charge on any atom is -0.492 e. The van der Waals surface area contributed by atoms with Crippen LogP contribution in [0.2, 0.25) is 5.02 Å². The molecule has 2 aromatic rings. The third-order valence-electron chi connectivity index (χ3n) is 3.79. The van der Waals surface area contributed by atoms with E-state index in [1.54, 1.807) is 12.1 Å². The molecule has 0 radical (unpaired) electrons. The zero-order chi connectivity index (χ0) is 18.3. The second kappa shape index (κ2) is 9.22. The van der Waals surface area contributed by atoms with E-state index >= 15 is 0 Å². The lowest BCUT2D eigenvalue weighted by Crippen LogP contribution is -2.20. The Bertz CT molecular complexity index is 758. The van der Waals surface area contributed by atoms with Crippen LogP contribution in [-0.2, 0) is 16.4 Å². The molecule has 136 valence electrons. The number of sulfone groups is 1. The van der Waals surface area contributed by atoms with Gasteiger partial charge in [-0.15, -0.1) is 0 Å². The number of hydrogen-bond donors (Lipinski definition) is 1. The molecule has 2 aromatic carbocycles. The van der Waals surface area contributed by atoms with Gasteiger partial charge in [0, 0.05) is 24.4 Å². The first-order valence-corrected chi connectivity index (χ1v) is 10.6. The molecular weight excluding hydrogens is 358 g/mol. The number of halogens is 1. The smallest absolute Gasteiger partial charge is 0.148 e. The summed E-state index contributed by atoms with van der Waals surface area (Å²) in [6.45, 7) is 3.98. The maximum absolute atomic E-state index is 11.4. The van der Waals surface area contributed by atoms with Crippen molar-refractivity contribution in [3.05, 3.63) is 64.7 Å². The van der Waals surface area contributed by atoms with Crippen LogP contribution < -0.4 is 10.1 Å². The summed E-state index contributed by atoms with van der Waals surface area (Å²) in [5.41, 5.74) is 2.20. The molecule has 0 aliphatic rings. The molecule has 25 heavy (non-hydrogen) atoms. The van der Waals surface area contributed by atoms with Crippen molar-refractivity contribution in [3.8, 4) is 5.75 Å². The van der Waals surface area contributed by atoms with Gasteiger partial charge >= 0.3 is 0 Å². The molecular formula is C19H24ClNO3S. The van der Waals surface area contributed by atoms with Crippen LogP contribution in [0.5, 0.6) is 5.75 Å². The van der Waals surface area contributed by atoms with E-state index < -0.39 is 9.84 Å². The van der Waals surface area contributed by atoms with Gasteiger partial charge in [0.25, 0.3) is 0 Å². The Morgan fingerprint density at radius 2 is 1.72 bits per heavy atom. The molecule has 0 saturated heterocycles. The Morgan fingerprint density at radius 1 is 1.08 bits per heavy atom. The molecule has 0 bridgehead atoms. The molecule has 0 unspecified atom stereocenters. The van der Waals surface area contributed by atoms with Crippen LogP contribution in [0.1, 0.15) is 24.0 Å². The first-order chi connectivity index (χ1) is 11.8. The van der Waals surface area contributed by atoms with Gasteiger partial charge in [-0.25, -0.2) is 8.42 Å². The lowest BCUT2D eigenvalue weighted by molar-refractivity contribution is 0.313. The van der Waals surface area contributed by atoms with E-state index in [0.717, 1.165) is 30.0 Å². The Morgan fingerprint density at radius 3 is 2.32 bits per heavy atom. The summed E-state index contributed by atoms with van der Waals surface area (Å²) < 4.78 is 28.4. The van der Waals surface area contributed by atoms with Crippen LogP contribution in [0, 0.1) is 0 Å². The summed E-state index contributed by atoms with van der Waals surface area (Å²) in [6.07, 6.45) is 1.27. The molecule has 0 heterocycles. The average molecular weight is 382 g/mol. The number of ether oxygens (including phenoxy) is 1. The second-order valence-corrected chi connectivity index (χ2v) is 8.84. The maximum Gasteiger partial charge on any atom is 0.148 e. The number of nitrogens with one attached hydrogen (secondary N) is 1. The molecule has 0 amide bonds. The van der Waals surface area contributed by atoms with Crippen LogP contribution in [0.15, 0.2) is 48.5 Å². The number of benzene rings is 2. The van der Waals surface area contributed by atoms with Crippen molar-refractivity contribution >= 4 is 21.4 Å². The fraction of sp³-hybridized carbons (Fsp3) is 0.368. The van der Waals surface area contributed by atoms with Gasteiger partial charge in [0.2, 0.25) is 0 Å². The predicted molar refractivity (Wildman–Crippen MR) is 103 cm³/mol. The van der Waals surface area contributed by atoms with Crippen molar-refractivity contribution in [1.82, 2.24) is 5.32 Å². The van der Waals surface area contributed by atoms with Gasteiger partial charge in [-0.2, -0.15) is 0 Å². The largest absolute Gasteiger partial charge is 0.492 e. The van der Waals surface area contributed by atoms with Crippen molar-refractivity contribution < 1.29 is 13.2 Å². The van der Waals surface area contributed by atoms with E-state index in [0.29, 0.717) is 11.6 Å². The monoisotopic (exact) mass is 381 g/mol. The standard InChI is InChI=1S/C19H24ClNO3S/c1-15(14-25(2,22)23)17-5-3-16(4-6-17)13-21-11-12-24-19-9-7-18(20)8-10-19/h3-10,15,21H,11-14H2,1-2H3/t15-/m0/s1. The molecule has 6 heteroatoms. The topological polar surface area (TPSA) is 55.4 Å². The average Bonchev–Trinajstić information content (AvgIpc) is 2.55. The second-order valence-electron chi connectivity index (χ2n) is 6.21. The fourth-order valence-corrected chi connectivity index (χ4v) is 3.75. The SMILES string of the molecule is C[C@@H](CS(C)(=O)=O)c1ccc(CNCCOc2ccc(Cl)cc2)cc1. The molecule has 0 aromatic heterocycles. The molecule has 0 aliphatic carbocycles. The summed E-state index contributed by atoms with van der Waals surface area (Å²) >= 11 is 5.83.